The molecule has 0 aromatic heterocycles. The van der Waals surface area contributed by atoms with E-state index in [9.17, 15) is 26.7 Å². The maximum absolute atomic E-state index is 12.8. The van der Waals surface area contributed by atoms with E-state index >= 15 is 0 Å². The zero-order valence-electron chi connectivity index (χ0n) is 15.8. The third-order valence-corrected chi connectivity index (χ3v) is 4.53. The van der Waals surface area contributed by atoms with Crippen molar-refractivity contribution in [2.45, 2.75) is 89.3 Å². The van der Waals surface area contributed by atoms with Gasteiger partial charge in [-0.3, -0.25) is 0 Å². The first-order chi connectivity index (χ1) is 12.7. The van der Waals surface area contributed by atoms with Crippen LogP contribution < -0.4 is 0 Å². The van der Waals surface area contributed by atoms with Crippen molar-refractivity contribution >= 4 is 21.9 Å². The van der Waals surface area contributed by atoms with Crippen LogP contribution in [0, 0.1) is 0 Å². The summed E-state index contributed by atoms with van der Waals surface area (Å²) in [6, 6.07) is 0. The third-order valence-electron chi connectivity index (χ3n) is 3.97. The van der Waals surface area contributed by atoms with Crippen LogP contribution in [-0.4, -0.2) is 42.7 Å². The Hall–Kier alpha value is -0.440. The second-order valence-corrected chi connectivity index (χ2v) is 7.22. The first kappa shape index (κ1) is 26.6. The van der Waals surface area contributed by atoms with Gasteiger partial charge in [0.25, 0.3) is 0 Å². The van der Waals surface area contributed by atoms with E-state index in [-0.39, 0.29) is 19.4 Å². The van der Waals surface area contributed by atoms with Crippen LogP contribution in [0.25, 0.3) is 0 Å². The monoisotopic (exact) mass is 468 g/mol. The summed E-state index contributed by atoms with van der Waals surface area (Å²) in [6.07, 6.45) is -2.09. The van der Waals surface area contributed by atoms with Crippen molar-refractivity contribution in [3.63, 3.8) is 0 Å². The molecule has 0 aromatic rings. The van der Waals surface area contributed by atoms with Gasteiger partial charge in [0.1, 0.15) is 0 Å². The molecule has 0 fully saturated rings. The summed E-state index contributed by atoms with van der Waals surface area (Å²) in [7, 11) is 0. The van der Waals surface area contributed by atoms with Gasteiger partial charge in [-0.05, 0) is 32.1 Å². The molecule has 0 heterocycles. The average molecular weight is 469 g/mol. The number of esters is 1. The van der Waals surface area contributed by atoms with E-state index in [4.69, 9.17) is 9.47 Å². The number of hydrogen-bond donors (Lipinski definition) is 0. The summed E-state index contributed by atoms with van der Waals surface area (Å²) in [4.78, 5) is 12.1. The Morgan fingerprint density at radius 2 is 1.56 bits per heavy atom. The van der Waals surface area contributed by atoms with E-state index in [1.54, 1.807) is 0 Å². The van der Waals surface area contributed by atoms with Crippen molar-refractivity contribution in [1.82, 2.24) is 0 Å². The minimum atomic E-state index is -5.53. The normalized spacial score (nSPS) is 13.6. The zero-order chi connectivity index (χ0) is 20.8. The molecule has 0 aliphatic rings. The number of unbranched alkanes of at least 4 members (excludes halogenated alkanes) is 5. The van der Waals surface area contributed by atoms with Crippen LogP contribution in [0.15, 0.2) is 0 Å². The molecular weight excluding hydrogens is 439 g/mol. The Morgan fingerprint density at radius 3 is 2.15 bits per heavy atom. The summed E-state index contributed by atoms with van der Waals surface area (Å²) < 4.78 is 72.5. The van der Waals surface area contributed by atoms with E-state index in [1.165, 1.54) is 0 Å². The van der Waals surface area contributed by atoms with Crippen molar-refractivity contribution in [1.29, 1.82) is 0 Å². The smallest absolute Gasteiger partial charge is 0.453 e. The van der Waals surface area contributed by atoms with Crippen molar-refractivity contribution in [2.24, 2.45) is 0 Å². The number of carbonyl (C=O) groups excluding carboxylic acids is 1. The molecule has 27 heavy (non-hydrogen) atoms. The van der Waals surface area contributed by atoms with Gasteiger partial charge >= 0.3 is 18.1 Å². The van der Waals surface area contributed by atoms with Crippen LogP contribution in [0.3, 0.4) is 0 Å². The van der Waals surface area contributed by atoms with Crippen LogP contribution in [0.1, 0.15) is 71.1 Å². The minimum Gasteiger partial charge on any atom is -0.464 e. The highest BCUT2D eigenvalue weighted by Gasteiger charge is 2.56. The molecule has 1 unspecified atom stereocenters. The fraction of sp³-hybridized carbons (Fsp3) is 0.944. The highest BCUT2D eigenvalue weighted by Crippen LogP contribution is 2.39. The molecule has 1 atom stereocenters. The molecule has 3 nitrogen and oxygen atoms in total. The number of rotatable bonds is 16. The van der Waals surface area contributed by atoms with Gasteiger partial charge in [0.2, 0.25) is 0 Å². The number of hydrogen-bond acceptors (Lipinski definition) is 3. The summed E-state index contributed by atoms with van der Waals surface area (Å²) in [5.74, 6) is -5.19. The van der Waals surface area contributed by atoms with E-state index in [2.05, 4.69) is 15.9 Å². The molecule has 0 aromatic carbocycles. The Balaban J connectivity index is 4.13. The summed E-state index contributed by atoms with van der Waals surface area (Å²) in [5, 5.41) is 0.939. The topological polar surface area (TPSA) is 35.5 Å². The first-order valence-electron chi connectivity index (χ1n) is 9.44. The fourth-order valence-corrected chi connectivity index (χ4v) is 2.69. The highest BCUT2D eigenvalue weighted by molar-refractivity contribution is 9.09. The minimum absolute atomic E-state index is 0.0219. The van der Waals surface area contributed by atoms with E-state index in [0.717, 1.165) is 43.9 Å². The van der Waals surface area contributed by atoms with Gasteiger partial charge in [0.05, 0.1) is 6.61 Å². The van der Waals surface area contributed by atoms with Crippen LogP contribution in [0.2, 0.25) is 0 Å². The van der Waals surface area contributed by atoms with Gasteiger partial charge in [-0.2, -0.15) is 22.0 Å². The Morgan fingerprint density at radius 1 is 0.926 bits per heavy atom. The van der Waals surface area contributed by atoms with Gasteiger partial charge in [-0.25, -0.2) is 4.79 Å². The average Bonchev–Trinajstić information content (AvgIpc) is 2.59. The Kier molecular flexibility index (Phi) is 14.3. The summed E-state index contributed by atoms with van der Waals surface area (Å²) >= 11 is 3.34. The fourth-order valence-electron chi connectivity index (χ4n) is 2.29. The molecule has 0 saturated carbocycles. The van der Waals surface area contributed by atoms with Gasteiger partial charge < -0.3 is 9.47 Å². The number of ether oxygens (including phenoxy) is 2. The molecule has 0 rings (SSSR count). The Bertz CT molecular complexity index is 392. The quantitative estimate of drug-likeness (QED) is 0.113. The molecule has 0 bridgehead atoms. The van der Waals surface area contributed by atoms with Crippen LogP contribution in [0.5, 0.6) is 0 Å². The standard InChI is InChI=1S/C18H30BrF5O3/c1-2-3-10-15(16(25)27-14-8-5-4-7-12-19)26-13-9-6-11-17(20,21)18(22,23)24/h15H,2-14H2,1H3. The lowest BCUT2D eigenvalue weighted by Gasteiger charge is -2.20. The molecule has 0 saturated heterocycles. The lowest BCUT2D eigenvalue weighted by Crippen LogP contribution is -2.36. The lowest BCUT2D eigenvalue weighted by molar-refractivity contribution is -0.284. The SMILES string of the molecule is CCCCC(OCCCCC(F)(F)C(F)(F)F)C(=O)OCCCCCCBr. The maximum Gasteiger partial charge on any atom is 0.453 e. The van der Waals surface area contributed by atoms with Crippen molar-refractivity contribution in [3.8, 4) is 0 Å². The Labute approximate surface area is 166 Å². The second kappa shape index (κ2) is 14.5. The molecular formula is C18H30BrF5O3. The van der Waals surface area contributed by atoms with E-state index < -0.39 is 30.6 Å². The number of carbonyl (C=O) groups is 1. The van der Waals surface area contributed by atoms with Crippen molar-refractivity contribution < 1.29 is 36.2 Å². The number of halogens is 6. The van der Waals surface area contributed by atoms with Crippen molar-refractivity contribution in [2.75, 3.05) is 18.5 Å². The predicted molar refractivity (Wildman–Crippen MR) is 97.3 cm³/mol. The molecule has 0 spiro atoms. The molecule has 162 valence electrons. The zero-order valence-corrected chi connectivity index (χ0v) is 17.3. The molecule has 0 N–H and O–H groups in total. The molecule has 0 aliphatic carbocycles. The van der Waals surface area contributed by atoms with Gasteiger partial charge in [-0.15, -0.1) is 0 Å². The van der Waals surface area contributed by atoms with Crippen LogP contribution in [0.4, 0.5) is 22.0 Å². The van der Waals surface area contributed by atoms with Gasteiger partial charge in [0.15, 0.2) is 6.10 Å². The molecule has 9 heteroatoms. The second-order valence-electron chi connectivity index (χ2n) is 6.43. The van der Waals surface area contributed by atoms with Gasteiger partial charge in [0, 0.05) is 18.4 Å². The van der Waals surface area contributed by atoms with Gasteiger partial charge in [-0.1, -0.05) is 48.5 Å². The number of alkyl halides is 6. The van der Waals surface area contributed by atoms with E-state index in [1.807, 2.05) is 6.92 Å². The van der Waals surface area contributed by atoms with Crippen molar-refractivity contribution in [3.05, 3.63) is 0 Å². The maximum atomic E-state index is 12.8. The predicted octanol–water partition coefficient (Wildman–Crippen LogP) is 6.43. The summed E-state index contributed by atoms with van der Waals surface area (Å²) in [6.45, 7) is 2.19. The van der Waals surface area contributed by atoms with E-state index in [0.29, 0.717) is 13.0 Å². The lowest BCUT2D eigenvalue weighted by atomic mass is 10.1. The molecule has 0 aliphatic heterocycles. The largest absolute Gasteiger partial charge is 0.464 e. The molecule has 0 radical (unpaired) electrons. The van der Waals surface area contributed by atoms with Crippen LogP contribution in [-0.2, 0) is 14.3 Å². The summed E-state index contributed by atoms with van der Waals surface area (Å²) in [5.41, 5.74) is 0. The highest BCUT2D eigenvalue weighted by atomic mass is 79.9. The third kappa shape index (κ3) is 12.6. The van der Waals surface area contributed by atoms with Crippen LogP contribution >= 0.6 is 15.9 Å². The molecule has 0 amide bonds. The first-order valence-corrected chi connectivity index (χ1v) is 10.6.